The van der Waals surface area contributed by atoms with E-state index in [9.17, 15) is 29.4 Å². The van der Waals surface area contributed by atoms with E-state index in [-0.39, 0.29) is 32.2 Å². The van der Waals surface area contributed by atoms with E-state index >= 15 is 0 Å². The first-order chi connectivity index (χ1) is 14.1. The van der Waals surface area contributed by atoms with E-state index in [2.05, 4.69) is 0 Å². The van der Waals surface area contributed by atoms with Crippen LogP contribution in [-0.4, -0.2) is 142 Å². The Morgan fingerprint density at radius 1 is 0.633 bits per heavy atom. The minimum atomic E-state index is -1.02. The van der Waals surface area contributed by atoms with Crippen LogP contribution in [0.15, 0.2) is 0 Å². The van der Waals surface area contributed by atoms with Gasteiger partial charge in [-0.05, 0) is 13.3 Å². The van der Waals surface area contributed by atoms with Crippen LogP contribution in [0.4, 0.5) is 0 Å². The second kappa shape index (κ2) is 13.1. The van der Waals surface area contributed by atoms with Crippen LogP contribution >= 0.6 is 0 Å². The largest absolute Gasteiger partial charge is 0.480 e. The summed E-state index contributed by atoms with van der Waals surface area (Å²) in [4.78, 5) is 51.6. The molecule has 1 fully saturated rings. The highest BCUT2D eigenvalue weighted by molar-refractivity contribution is 5.70. The molecule has 172 valence electrons. The second-order valence-electron chi connectivity index (χ2n) is 7.54. The number of nitrogens with zero attached hydrogens (tertiary/aromatic N) is 4. The zero-order valence-electron chi connectivity index (χ0n) is 17.3. The van der Waals surface area contributed by atoms with Crippen molar-refractivity contribution >= 4 is 23.9 Å². The van der Waals surface area contributed by atoms with Crippen LogP contribution in [0.1, 0.15) is 13.3 Å². The number of carbonyl (C=O) groups is 4. The lowest BCUT2D eigenvalue weighted by atomic mass is 10.2. The van der Waals surface area contributed by atoms with Crippen molar-refractivity contribution in [2.24, 2.45) is 0 Å². The van der Waals surface area contributed by atoms with Gasteiger partial charge in [-0.2, -0.15) is 0 Å². The molecule has 12 nitrogen and oxygen atoms in total. The van der Waals surface area contributed by atoms with Crippen molar-refractivity contribution in [1.29, 1.82) is 0 Å². The van der Waals surface area contributed by atoms with Crippen LogP contribution in [0.2, 0.25) is 0 Å². The maximum absolute atomic E-state index is 11.3. The van der Waals surface area contributed by atoms with Gasteiger partial charge in [-0.1, -0.05) is 0 Å². The first-order valence-corrected chi connectivity index (χ1v) is 9.85. The maximum atomic E-state index is 11.3. The van der Waals surface area contributed by atoms with E-state index in [0.29, 0.717) is 52.2 Å². The number of hydrogen-bond donors (Lipinski definition) is 4. The van der Waals surface area contributed by atoms with Crippen molar-refractivity contribution in [1.82, 2.24) is 19.6 Å². The average Bonchev–Trinajstić information content (AvgIpc) is 2.60. The normalized spacial score (nSPS) is 21.8. The summed E-state index contributed by atoms with van der Waals surface area (Å²) in [5.74, 6) is -4.03. The van der Waals surface area contributed by atoms with E-state index in [1.165, 1.54) is 0 Å². The van der Waals surface area contributed by atoms with Gasteiger partial charge in [-0.3, -0.25) is 38.8 Å². The lowest BCUT2D eigenvalue weighted by molar-refractivity contribution is -0.141. The van der Waals surface area contributed by atoms with Gasteiger partial charge in [0, 0.05) is 51.9 Å². The molecule has 0 amide bonds. The van der Waals surface area contributed by atoms with Gasteiger partial charge < -0.3 is 20.4 Å². The Balaban J connectivity index is 3.02. The lowest BCUT2D eigenvalue weighted by Crippen LogP contribution is -2.48. The fraction of sp³-hybridized carbons (Fsp3) is 0.778. The Morgan fingerprint density at radius 3 is 1.50 bits per heavy atom. The Bertz CT molecular complexity index is 603. The molecule has 1 unspecified atom stereocenters. The Kier molecular flexibility index (Phi) is 11.3. The first-order valence-electron chi connectivity index (χ1n) is 9.85. The van der Waals surface area contributed by atoms with Gasteiger partial charge in [0.1, 0.15) is 0 Å². The van der Waals surface area contributed by atoms with E-state index in [0.717, 1.165) is 0 Å². The average molecular weight is 432 g/mol. The molecular weight excluding hydrogens is 400 g/mol. The summed E-state index contributed by atoms with van der Waals surface area (Å²) in [6, 6.07) is -0.248. The summed E-state index contributed by atoms with van der Waals surface area (Å²) in [7, 11) is 0. The maximum Gasteiger partial charge on any atom is 0.317 e. The van der Waals surface area contributed by atoms with E-state index in [1.807, 2.05) is 6.92 Å². The van der Waals surface area contributed by atoms with Gasteiger partial charge in [0.15, 0.2) is 0 Å². The third-order valence-electron chi connectivity index (χ3n) is 4.95. The molecule has 0 radical (unpaired) electrons. The smallest absolute Gasteiger partial charge is 0.317 e. The predicted octanol–water partition coefficient (Wildman–Crippen LogP) is -1.67. The topological polar surface area (TPSA) is 162 Å². The van der Waals surface area contributed by atoms with Crippen molar-refractivity contribution in [3.8, 4) is 0 Å². The van der Waals surface area contributed by atoms with Crippen LogP contribution in [0.5, 0.6) is 0 Å². The summed E-state index contributed by atoms with van der Waals surface area (Å²) < 4.78 is 0. The zero-order valence-corrected chi connectivity index (χ0v) is 17.3. The van der Waals surface area contributed by atoms with E-state index < -0.39 is 23.9 Å². The van der Waals surface area contributed by atoms with Gasteiger partial charge in [0.25, 0.3) is 0 Å². The van der Waals surface area contributed by atoms with Crippen molar-refractivity contribution in [3.63, 3.8) is 0 Å². The number of rotatable bonds is 8. The Hall–Kier alpha value is -2.28. The molecule has 1 saturated heterocycles. The molecule has 30 heavy (non-hydrogen) atoms. The van der Waals surface area contributed by atoms with Crippen molar-refractivity contribution < 1.29 is 39.6 Å². The third-order valence-corrected chi connectivity index (χ3v) is 4.95. The molecular formula is C18H32N4O8. The second-order valence-corrected chi connectivity index (χ2v) is 7.54. The van der Waals surface area contributed by atoms with Crippen LogP contribution in [0, 0.1) is 0 Å². The van der Waals surface area contributed by atoms with Gasteiger partial charge in [0.2, 0.25) is 0 Å². The van der Waals surface area contributed by atoms with Crippen LogP contribution in [0.25, 0.3) is 0 Å². The summed E-state index contributed by atoms with van der Waals surface area (Å²) in [5, 5.41) is 36.7. The summed E-state index contributed by atoms with van der Waals surface area (Å²) in [5.41, 5.74) is 0. The minimum Gasteiger partial charge on any atom is -0.480 e. The zero-order chi connectivity index (χ0) is 22.7. The predicted molar refractivity (Wildman–Crippen MR) is 106 cm³/mol. The van der Waals surface area contributed by atoms with E-state index in [1.54, 1.807) is 19.6 Å². The minimum absolute atomic E-state index is 0.194. The van der Waals surface area contributed by atoms with Crippen molar-refractivity contribution in [2.75, 3.05) is 72.0 Å². The highest BCUT2D eigenvalue weighted by Crippen LogP contribution is 2.07. The van der Waals surface area contributed by atoms with Gasteiger partial charge in [0.05, 0.1) is 26.2 Å². The van der Waals surface area contributed by atoms with Crippen LogP contribution in [-0.2, 0) is 19.2 Å². The molecule has 0 bridgehead atoms. The molecule has 1 heterocycles. The highest BCUT2D eigenvalue weighted by Gasteiger charge is 2.23. The van der Waals surface area contributed by atoms with Crippen LogP contribution < -0.4 is 0 Å². The standard InChI is InChI=1S/C18H32N4O8/c1-14-9-21(12-17(27)28)8-7-20(11-16(25)26)6-5-19(10-15(23)24)3-2-4-22(14)13-18(29)30/h14H,2-13H2,1H3,(H,23,24)(H,25,26)(H,27,28)(H,29,30). The fourth-order valence-corrected chi connectivity index (χ4v) is 3.53. The third kappa shape index (κ3) is 11.0. The van der Waals surface area contributed by atoms with Gasteiger partial charge in [-0.25, -0.2) is 0 Å². The molecule has 1 rings (SSSR count). The number of carboxylic acids is 4. The molecule has 1 atom stereocenters. The number of hydrogen-bond acceptors (Lipinski definition) is 8. The van der Waals surface area contributed by atoms with Gasteiger partial charge in [-0.15, -0.1) is 0 Å². The number of carboxylic acid groups (broad SMARTS) is 4. The molecule has 0 aliphatic carbocycles. The van der Waals surface area contributed by atoms with Crippen molar-refractivity contribution in [3.05, 3.63) is 0 Å². The highest BCUT2D eigenvalue weighted by atomic mass is 16.4. The monoisotopic (exact) mass is 432 g/mol. The molecule has 0 aromatic heterocycles. The fourth-order valence-electron chi connectivity index (χ4n) is 3.53. The van der Waals surface area contributed by atoms with E-state index in [4.69, 9.17) is 10.2 Å². The summed E-state index contributed by atoms with van der Waals surface area (Å²) >= 11 is 0. The van der Waals surface area contributed by atoms with Gasteiger partial charge >= 0.3 is 23.9 Å². The number of aliphatic carboxylic acids is 4. The Morgan fingerprint density at radius 2 is 1.03 bits per heavy atom. The molecule has 0 aromatic rings. The molecule has 4 N–H and O–H groups in total. The molecule has 12 heteroatoms. The SMILES string of the molecule is CC1CN(CC(=O)O)CCN(CC(=O)O)CCN(CC(=O)O)CCCN1CC(=O)O. The van der Waals surface area contributed by atoms with Crippen LogP contribution in [0.3, 0.4) is 0 Å². The van der Waals surface area contributed by atoms with Crippen molar-refractivity contribution in [2.45, 2.75) is 19.4 Å². The quantitative estimate of drug-likeness (QED) is 0.345. The molecule has 1 aliphatic heterocycles. The molecule has 0 aromatic carbocycles. The lowest BCUT2D eigenvalue weighted by Gasteiger charge is -2.32. The summed E-state index contributed by atoms with van der Waals surface area (Å²) in [6.45, 7) is 3.38. The Labute approximate surface area is 175 Å². The molecule has 1 aliphatic rings. The molecule has 0 saturated carbocycles. The first kappa shape index (κ1) is 25.8. The summed E-state index contributed by atoms with van der Waals surface area (Å²) in [6.07, 6.45) is 0.531. The molecule has 0 spiro atoms.